The molecular formula is C14H19N3OS. The predicted octanol–water partition coefficient (Wildman–Crippen LogP) is 2.23. The van der Waals surface area contributed by atoms with Gasteiger partial charge in [0.25, 0.3) is 0 Å². The van der Waals surface area contributed by atoms with Crippen LogP contribution in [0.3, 0.4) is 0 Å². The summed E-state index contributed by atoms with van der Waals surface area (Å²) in [6, 6.07) is 2.51. The highest BCUT2D eigenvalue weighted by molar-refractivity contribution is 7.07. The molecule has 2 aromatic rings. The zero-order valence-electron chi connectivity index (χ0n) is 11.4. The van der Waals surface area contributed by atoms with Crippen molar-refractivity contribution in [2.24, 2.45) is 7.05 Å². The Bertz CT molecular complexity index is 535. The van der Waals surface area contributed by atoms with Crippen molar-refractivity contribution in [3.63, 3.8) is 0 Å². The molecule has 0 radical (unpaired) electrons. The molecule has 0 saturated heterocycles. The maximum Gasteiger partial charge on any atom is 0.0760 e. The van der Waals surface area contributed by atoms with Gasteiger partial charge >= 0.3 is 0 Å². The van der Waals surface area contributed by atoms with Gasteiger partial charge in [0.2, 0.25) is 0 Å². The van der Waals surface area contributed by atoms with Crippen LogP contribution in [0.4, 0.5) is 0 Å². The predicted molar refractivity (Wildman–Crippen MR) is 76.3 cm³/mol. The van der Waals surface area contributed by atoms with Crippen LogP contribution in [-0.2, 0) is 24.8 Å². The fourth-order valence-electron chi connectivity index (χ4n) is 2.86. The molecule has 4 nitrogen and oxygen atoms in total. The number of fused-ring (bicyclic) bond motifs is 1. The number of hydrogen-bond acceptors (Lipinski definition) is 4. The maximum atomic E-state index is 5.43. The van der Waals surface area contributed by atoms with Crippen LogP contribution in [-0.4, -0.2) is 34.9 Å². The second-order valence-electron chi connectivity index (χ2n) is 5.00. The Hall–Kier alpha value is -1.17. The van der Waals surface area contributed by atoms with E-state index in [-0.39, 0.29) is 0 Å². The van der Waals surface area contributed by atoms with Crippen LogP contribution in [0.25, 0.3) is 0 Å². The number of rotatable bonds is 4. The second-order valence-corrected chi connectivity index (χ2v) is 5.78. The van der Waals surface area contributed by atoms with Crippen molar-refractivity contribution >= 4 is 11.3 Å². The zero-order valence-corrected chi connectivity index (χ0v) is 12.2. The first-order valence-corrected chi connectivity index (χ1v) is 7.48. The summed E-state index contributed by atoms with van der Waals surface area (Å²) < 4.78 is 7.43. The van der Waals surface area contributed by atoms with Gasteiger partial charge in [0.15, 0.2) is 0 Å². The van der Waals surface area contributed by atoms with Crippen LogP contribution in [0.15, 0.2) is 23.0 Å². The summed E-state index contributed by atoms with van der Waals surface area (Å²) in [5, 5.41) is 8.76. The van der Waals surface area contributed by atoms with E-state index in [2.05, 4.69) is 26.8 Å². The first kappa shape index (κ1) is 12.8. The molecule has 2 aromatic heterocycles. The fourth-order valence-corrected chi connectivity index (χ4v) is 3.52. The topological polar surface area (TPSA) is 30.3 Å². The highest BCUT2D eigenvalue weighted by Gasteiger charge is 2.30. The summed E-state index contributed by atoms with van der Waals surface area (Å²) in [4.78, 5) is 2.50. The van der Waals surface area contributed by atoms with E-state index in [1.54, 1.807) is 18.4 Å². The van der Waals surface area contributed by atoms with Gasteiger partial charge in [0.05, 0.1) is 24.5 Å². The summed E-state index contributed by atoms with van der Waals surface area (Å²) in [6.07, 6.45) is 3.08. The third kappa shape index (κ3) is 2.45. The standard InChI is InChI=1S/C14H19N3OS/c1-16-14-12(7-15-16)3-5-17(13(14)9-18-2)8-11-4-6-19-10-11/h4,6-7,10,13H,3,5,8-9H2,1-2H3/t13-/m1/s1. The second kappa shape index (κ2) is 5.45. The lowest BCUT2D eigenvalue weighted by atomic mass is 9.99. The van der Waals surface area contributed by atoms with Gasteiger partial charge in [-0.1, -0.05) is 0 Å². The molecule has 1 atom stereocenters. The SMILES string of the molecule is COC[C@@H]1c2c(cnn2C)CCN1Cc1ccsc1. The van der Waals surface area contributed by atoms with E-state index in [1.807, 2.05) is 17.9 Å². The fraction of sp³-hybridized carbons (Fsp3) is 0.500. The van der Waals surface area contributed by atoms with Crippen LogP contribution in [0.1, 0.15) is 22.9 Å². The summed E-state index contributed by atoms with van der Waals surface area (Å²) in [5.41, 5.74) is 4.06. The highest BCUT2D eigenvalue weighted by Crippen LogP contribution is 2.30. The largest absolute Gasteiger partial charge is 0.383 e. The Morgan fingerprint density at radius 1 is 1.53 bits per heavy atom. The third-order valence-corrected chi connectivity index (χ3v) is 4.51. The van der Waals surface area contributed by atoms with Gasteiger partial charge < -0.3 is 4.74 Å². The highest BCUT2D eigenvalue weighted by atomic mass is 32.1. The number of thiophene rings is 1. The van der Waals surface area contributed by atoms with Gasteiger partial charge in [0, 0.05) is 27.2 Å². The van der Waals surface area contributed by atoms with Crippen LogP contribution < -0.4 is 0 Å². The smallest absolute Gasteiger partial charge is 0.0760 e. The summed E-state index contributed by atoms with van der Waals surface area (Å²) >= 11 is 1.76. The number of aryl methyl sites for hydroxylation is 1. The molecule has 19 heavy (non-hydrogen) atoms. The monoisotopic (exact) mass is 277 g/mol. The summed E-state index contributed by atoms with van der Waals surface area (Å²) in [5.74, 6) is 0. The molecule has 0 unspecified atom stereocenters. The van der Waals surface area contributed by atoms with E-state index in [0.29, 0.717) is 6.04 Å². The van der Waals surface area contributed by atoms with Crippen molar-refractivity contribution in [3.8, 4) is 0 Å². The summed E-state index contributed by atoms with van der Waals surface area (Å²) in [6.45, 7) is 2.78. The quantitative estimate of drug-likeness (QED) is 0.858. The lowest BCUT2D eigenvalue weighted by Crippen LogP contribution is -2.38. The molecule has 102 valence electrons. The normalized spacial score (nSPS) is 19.6. The van der Waals surface area contributed by atoms with Gasteiger partial charge in [-0.15, -0.1) is 0 Å². The van der Waals surface area contributed by atoms with Crippen molar-refractivity contribution in [2.75, 3.05) is 20.3 Å². The first-order chi connectivity index (χ1) is 9.29. The number of hydrogen-bond donors (Lipinski definition) is 0. The van der Waals surface area contributed by atoms with Crippen molar-refractivity contribution in [2.45, 2.75) is 19.0 Å². The van der Waals surface area contributed by atoms with Gasteiger partial charge in [-0.25, -0.2) is 0 Å². The van der Waals surface area contributed by atoms with Gasteiger partial charge in [-0.05, 0) is 34.4 Å². The lowest BCUT2D eigenvalue weighted by Gasteiger charge is -2.35. The molecule has 0 amide bonds. The van der Waals surface area contributed by atoms with Crippen LogP contribution in [0, 0.1) is 0 Å². The Labute approximate surface area is 117 Å². The Morgan fingerprint density at radius 2 is 2.42 bits per heavy atom. The van der Waals surface area contributed by atoms with Gasteiger partial charge in [-0.2, -0.15) is 16.4 Å². The van der Waals surface area contributed by atoms with Crippen molar-refractivity contribution in [1.82, 2.24) is 14.7 Å². The van der Waals surface area contributed by atoms with E-state index in [9.17, 15) is 0 Å². The minimum absolute atomic E-state index is 0.307. The molecule has 3 rings (SSSR count). The molecule has 0 spiro atoms. The summed E-state index contributed by atoms with van der Waals surface area (Å²) in [7, 11) is 3.79. The number of aromatic nitrogens is 2. The zero-order chi connectivity index (χ0) is 13.2. The minimum atomic E-state index is 0.307. The molecular weight excluding hydrogens is 258 g/mol. The number of ether oxygens (including phenoxy) is 1. The Kier molecular flexibility index (Phi) is 3.68. The lowest BCUT2D eigenvalue weighted by molar-refractivity contribution is 0.0735. The average molecular weight is 277 g/mol. The van der Waals surface area contributed by atoms with E-state index < -0.39 is 0 Å². The van der Waals surface area contributed by atoms with E-state index in [4.69, 9.17) is 4.74 Å². The molecule has 1 aliphatic rings. The van der Waals surface area contributed by atoms with Crippen LogP contribution in [0.2, 0.25) is 0 Å². The van der Waals surface area contributed by atoms with Crippen molar-refractivity contribution in [3.05, 3.63) is 39.8 Å². The maximum absolute atomic E-state index is 5.43. The number of nitrogens with zero attached hydrogens (tertiary/aromatic N) is 3. The Balaban J connectivity index is 1.87. The number of methoxy groups -OCH3 is 1. The van der Waals surface area contributed by atoms with Crippen LogP contribution in [0.5, 0.6) is 0 Å². The van der Waals surface area contributed by atoms with E-state index >= 15 is 0 Å². The molecule has 0 fully saturated rings. The first-order valence-electron chi connectivity index (χ1n) is 6.54. The van der Waals surface area contributed by atoms with E-state index in [0.717, 1.165) is 26.1 Å². The van der Waals surface area contributed by atoms with Crippen molar-refractivity contribution < 1.29 is 4.74 Å². The molecule has 0 aliphatic carbocycles. The molecule has 0 N–H and O–H groups in total. The Morgan fingerprint density at radius 3 is 3.16 bits per heavy atom. The molecule has 1 aliphatic heterocycles. The molecule has 3 heterocycles. The van der Waals surface area contributed by atoms with E-state index in [1.165, 1.54) is 16.8 Å². The van der Waals surface area contributed by atoms with Gasteiger partial charge in [0.1, 0.15) is 0 Å². The molecule has 0 aromatic carbocycles. The molecule has 0 bridgehead atoms. The van der Waals surface area contributed by atoms with Crippen molar-refractivity contribution in [1.29, 1.82) is 0 Å². The molecule has 5 heteroatoms. The average Bonchev–Trinajstić information content (AvgIpc) is 3.03. The third-order valence-electron chi connectivity index (χ3n) is 3.78. The van der Waals surface area contributed by atoms with Crippen LogP contribution >= 0.6 is 11.3 Å². The minimum Gasteiger partial charge on any atom is -0.383 e. The van der Waals surface area contributed by atoms with Gasteiger partial charge in [-0.3, -0.25) is 9.58 Å². The molecule has 0 saturated carbocycles.